The lowest BCUT2D eigenvalue weighted by Crippen LogP contribution is -2.24. The van der Waals surface area contributed by atoms with Gasteiger partial charge in [0.1, 0.15) is 5.82 Å². The standard InChI is InChI=1S/C12H22N4/c1-5-13-6-11-7-14-8-12(15-11)16(4)9-10(2)3/h7-8,10,13H,5-6,9H2,1-4H3. The van der Waals surface area contributed by atoms with Gasteiger partial charge in [-0.25, -0.2) is 4.98 Å². The van der Waals surface area contributed by atoms with E-state index in [2.05, 4.69) is 48.0 Å². The zero-order valence-corrected chi connectivity index (χ0v) is 10.7. The van der Waals surface area contributed by atoms with E-state index in [0.29, 0.717) is 5.92 Å². The lowest BCUT2D eigenvalue weighted by Gasteiger charge is -2.20. The zero-order chi connectivity index (χ0) is 12.0. The number of nitrogens with one attached hydrogen (secondary N) is 1. The Morgan fingerprint density at radius 3 is 2.75 bits per heavy atom. The Balaban J connectivity index is 2.65. The molecule has 16 heavy (non-hydrogen) atoms. The number of nitrogens with zero attached hydrogens (tertiary/aromatic N) is 3. The SMILES string of the molecule is CCNCc1cncc(N(C)CC(C)C)n1. The molecule has 0 saturated carbocycles. The van der Waals surface area contributed by atoms with Gasteiger partial charge in [0.15, 0.2) is 0 Å². The predicted octanol–water partition coefficient (Wildman–Crippen LogP) is 1.68. The smallest absolute Gasteiger partial charge is 0.147 e. The topological polar surface area (TPSA) is 41.1 Å². The molecule has 4 nitrogen and oxygen atoms in total. The monoisotopic (exact) mass is 222 g/mol. The van der Waals surface area contributed by atoms with Crippen LogP contribution in [0.25, 0.3) is 0 Å². The molecule has 90 valence electrons. The van der Waals surface area contributed by atoms with Crippen LogP contribution in [0.5, 0.6) is 0 Å². The van der Waals surface area contributed by atoms with E-state index in [1.165, 1.54) is 0 Å². The molecule has 0 aliphatic carbocycles. The van der Waals surface area contributed by atoms with Gasteiger partial charge in [-0.1, -0.05) is 20.8 Å². The van der Waals surface area contributed by atoms with Crippen LogP contribution in [0.2, 0.25) is 0 Å². The maximum atomic E-state index is 4.56. The fourth-order valence-electron chi connectivity index (χ4n) is 1.56. The van der Waals surface area contributed by atoms with Gasteiger partial charge in [0.2, 0.25) is 0 Å². The zero-order valence-electron chi connectivity index (χ0n) is 10.7. The molecule has 0 aliphatic heterocycles. The van der Waals surface area contributed by atoms with Crippen LogP contribution < -0.4 is 10.2 Å². The first-order chi connectivity index (χ1) is 7.63. The average molecular weight is 222 g/mol. The van der Waals surface area contributed by atoms with Gasteiger partial charge in [-0.05, 0) is 12.5 Å². The third kappa shape index (κ3) is 4.14. The second kappa shape index (κ2) is 6.43. The lowest BCUT2D eigenvalue weighted by atomic mass is 10.2. The van der Waals surface area contributed by atoms with Crippen LogP contribution in [-0.2, 0) is 6.54 Å². The molecule has 1 N–H and O–H groups in total. The molecule has 0 saturated heterocycles. The molecule has 0 aliphatic rings. The van der Waals surface area contributed by atoms with E-state index in [-0.39, 0.29) is 0 Å². The molecule has 0 unspecified atom stereocenters. The summed E-state index contributed by atoms with van der Waals surface area (Å²) in [6, 6.07) is 0. The Hall–Kier alpha value is -1.16. The first-order valence-electron chi connectivity index (χ1n) is 5.86. The molecule has 1 aromatic heterocycles. The first-order valence-corrected chi connectivity index (χ1v) is 5.86. The van der Waals surface area contributed by atoms with Crippen molar-refractivity contribution in [3.05, 3.63) is 18.1 Å². The van der Waals surface area contributed by atoms with Gasteiger partial charge in [-0.2, -0.15) is 0 Å². The summed E-state index contributed by atoms with van der Waals surface area (Å²) in [6.07, 6.45) is 3.63. The normalized spacial score (nSPS) is 10.8. The summed E-state index contributed by atoms with van der Waals surface area (Å²) in [7, 11) is 2.06. The van der Waals surface area contributed by atoms with Crippen molar-refractivity contribution in [2.45, 2.75) is 27.3 Å². The van der Waals surface area contributed by atoms with Crippen molar-refractivity contribution in [2.75, 3.05) is 25.0 Å². The summed E-state index contributed by atoms with van der Waals surface area (Å²) < 4.78 is 0. The minimum absolute atomic E-state index is 0.629. The second-order valence-electron chi connectivity index (χ2n) is 4.42. The van der Waals surface area contributed by atoms with Crippen molar-refractivity contribution in [2.24, 2.45) is 5.92 Å². The molecule has 0 spiro atoms. The van der Waals surface area contributed by atoms with Crippen LogP contribution in [-0.4, -0.2) is 30.1 Å². The van der Waals surface area contributed by atoms with Crippen molar-refractivity contribution < 1.29 is 0 Å². The third-order valence-corrected chi connectivity index (χ3v) is 2.26. The molecule has 4 heteroatoms. The summed E-state index contributed by atoms with van der Waals surface area (Å²) in [5, 5.41) is 3.25. The van der Waals surface area contributed by atoms with Crippen LogP contribution in [0.1, 0.15) is 26.5 Å². The van der Waals surface area contributed by atoms with Crippen molar-refractivity contribution in [1.29, 1.82) is 0 Å². The number of aromatic nitrogens is 2. The van der Waals surface area contributed by atoms with Gasteiger partial charge in [-0.3, -0.25) is 4.98 Å². The van der Waals surface area contributed by atoms with E-state index < -0.39 is 0 Å². The highest BCUT2D eigenvalue weighted by atomic mass is 15.2. The maximum Gasteiger partial charge on any atom is 0.147 e. The summed E-state index contributed by atoms with van der Waals surface area (Å²) in [4.78, 5) is 10.9. The Morgan fingerprint density at radius 1 is 1.38 bits per heavy atom. The fourth-order valence-corrected chi connectivity index (χ4v) is 1.56. The molecule has 1 rings (SSSR count). The molecular weight excluding hydrogens is 200 g/mol. The Labute approximate surface area is 98.1 Å². The van der Waals surface area contributed by atoms with Crippen molar-refractivity contribution in [3.8, 4) is 0 Å². The molecule has 1 aromatic rings. The molecule has 0 aromatic carbocycles. The van der Waals surface area contributed by atoms with Crippen LogP contribution in [0.15, 0.2) is 12.4 Å². The first kappa shape index (κ1) is 12.9. The van der Waals surface area contributed by atoms with Crippen LogP contribution in [0.4, 0.5) is 5.82 Å². The van der Waals surface area contributed by atoms with Crippen molar-refractivity contribution >= 4 is 5.82 Å². The molecule has 0 amide bonds. The van der Waals surface area contributed by atoms with Gasteiger partial charge in [0.05, 0.1) is 11.9 Å². The largest absolute Gasteiger partial charge is 0.358 e. The Morgan fingerprint density at radius 2 is 2.12 bits per heavy atom. The summed E-state index contributed by atoms with van der Waals surface area (Å²) >= 11 is 0. The summed E-state index contributed by atoms with van der Waals surface area (Å²) in [5.74, 6) is 1.58. The number of hydrogen-bond donors (Lipinski definition) is 1. The number of anilines is 1. The highest BCUT2D eigenvalue weighted by Gasteiger charge is 2.05. The average Bonchev–Trinajstić information content (AvgIpc) is 2.26. The third-order valence-electron chi connectivity index (χ3n) is 2.26. The van der Waals surface area contributed by atoms with Gasteiger partial charge < -0.3 is 10.2 Å². The maximum absolute atomic E-state index is 4.56. The fraction of sp³-hybridized carbons (Fsp3) is 0.667. The number of hydrogen-bond acceptors (Lipinski definition) is 4. The van der Waals surface area contributed by atoms with Crippen LogP contribution in [0, 0.1) is 5.92 Å². The van der Waals surface area contributed by atoms with E-state index in [9.17, 15) is 0 Å². The summed E-state index contributed by atoms with van der Waals surface area (Å²) in [6.45, 7) is 9.22. The molecular formula is C12H22N4. The van der Waals surface area contributed by atoms with Crippen molar-refractivity contribution in [1.82, 2.24) is 15.3 Å². The van der Waals surface area contributed by atoms with Crippen LogP contribution >= 0.6 is 0 Å². The van der Waals surface area contributed by atoms with E-state index in [4.69, 9.17) is 0 Å². The van der Waals surface area contributed by atoms with Crippen LogP contribution in [0.3, 0.4) is 0 Å². The van der Waals surface area contributed by atoms with Gasteiger partial charge in [0, 0.05) is 26.3 Å². The van der Waals surface area contributed by atoms with Crippen molar-refractivity contribution in [3.63, 3.8) is 0 Å². The molecule has 1 heterocycles. The predicted molar refractivity (Wildman–Crippen MR) is 67.5 cm³/mol. The lowest BCUT2D eigenvalue weighted by molar-refractivity contribution is 0.631. The van der Waals surface area contributed by atoms with E-state index in [1.807, 2.05) is 12.4 Å². The number of rotatable bonds is 6. The van der Waals surface area contributed by atoms with E-state index >= 15 is 0 Å². The Bertz CT molecular complexity index is 312. The van der Waals surface area contributed by atoms with Gasteiger partial charge >= 0.3 is 0 Å². The minimum Gasteiger partial charge on any atom is -0.358 e. The molecule has 0 fully saturated rings. The second-order valence-corrected chi connectivity index (χ2v) is 4.42. The molecule has 0 atom stereocenters. The van der Waals surface area contributed by atoms with E-state index in [1.54, 1.807) is 0 Å². The molecule has 0 bridgehead atoms. The minimum atomic E-state index is 0.629. The Kier molecular flexibility index (Phi) is 5.19. The van der Waals surface area contributed by atoms with E-state index in [0.717, 1.165) is 31.1 Å². The van der Waals surface area contributed by atoms with Gasteiger partial charge in [-0.15, -0.1) is 0 Å². The highest BCUT2D eigenvalue weighted by Crippen LogP contribution is 2.09. The quantitative estimate of drug-likeness (QED) is 0.795. The summed E-state index contributed by atoms with van der Waals surface area (Å²) in [5.41, 5.74) is 0.995. The van der Waals surface area contributed by atoms with Gasteiger partial charge in [0.25, 0.3) is 0 Å². The highest BCUT2D eigenvalue weighted by molar-refractivity contribution is 5.34. The molecule has 0 radical (unpaired) electrons.